The van der Waals surface area contributed by atoms with Crippen LogP contribution in [0.25, 0.3) is 21.5 Å². The van der Waals surface area contributed by atoms with Gasteiger partial charge in [-0.15, -0.1) is 11.3 Å². The van der Waals surface area contributed by atoms with E-state index in [2.05, 4.69) is 4.98 Å². The molecule has 7 heteroatoms. The van der Waals surface area contributed by atoms with Crippen molar-refractivity contribution in [1.82, 2.24) is 4.98 Å². The van der Waals surface area contributed by atoms with E-state index in [1.807, 2.05) is 54.8 Å². The second-order valence-electron chi connectivity index (χ2n) is 7.26. The molecule has 0 fully saturated rings. The van der Waals surface area contributed by atoms with Crippen LogP contribution in [0.5, 0.6) is 5.75 Å². The minimum Gasteiger partial charge on any atom is -0.493 e. The minimum atomic E-state index is -0.967. The monoisotopic (exact) mass is 437 g/mol. The first-order valence-electron chi connectivity index (χ1n) is 9.94. The van der Waals surface area contributed by atoms with E-state index in [-0.39, 0.29) is 0 Å². The average molecular weight is 438 g/mol. The summed E-state index contributed by atoms with van der Waals surface area (Å²) in [5.41, 5.74) is 3.88. The van der Waals surface area contributed by atoms with Gasteiger partial charge >= 0.3 is 5.97 Å². The molecule has 1 unspecified atom stereocenters. The number of benzene rings is 2. The molecule has 160 valence electrons. The van der Waals surface area contributed by atoms with Crippen molar-refractivity contribution in [2.75, 3.05) is 13.7 Å². The summed E-state index contributed by atoms with van der Waals surface area (Å²) >= 11 is 1.57. The number of hydrogen-bond acceptors (Lipinski definition) is 6. The lowest BCUT2D eigenvalue weighted by molar-refractivity contribution is -0.148. The second-order valence-corrected chi connectivity index (χ2v) is 8.18. The fraction of sp³-hybridized carbons (Fsp3) is 0.250. The molecule has 4 rings (SSSR count). The molecule has 0 spiro atoms. The zero-order valence-electron chi connectivity index (χ0n) is 17.3. The lowest BCUT2D eigenvalue weighted by Crippen LogP contribution is -2.24. The predicted octanol–water partition coefficient (Wildman–Crippen LogP) is 5.13. The van der Waals surface area contributed by atoms with E-state index in [0.29, 0.717) is 25.3 Å². The Hall–Kier alpha value is -3.16. The number of rotatable bonds is 9. The molecule has 2 heterocycles. The number of fused-ring (bicyclic) bond motifs is 1. The smallest absolute Gasteiger partial charge is 0.333 e. The van der Waals surface area contributed by atoms with Crippen LogP contribution in [0.15, 0.2) is 58.5 Å². The van der Waals surface area contributed by atoms with Gasteiger partial charge in [0.2, 0.25) is 5.89 Å². The summed E-state index contributed by atoms with van der Waals surface area (Å²) in [4.78, 5) is 15.9. The van der Waals surface area contributed by atoms with E-state index in [4.69, 9.17) is 13.9 Å². The number of oxazole rings is 1. The third kappa shape index (κ3) is 4.78. The molecule has 0 saturated carbocycles. The number of methoxy groups -OCH3 is 1. The molecule has 0 aliphatic heterocycles. The van der Waals surface area contributed by atoms with Crippen molar-refractivity contribution in [1.29, 1.82) is 0 Å². The molecule has 0 radical (unpaired) electrons. The number of hydrogen-bond donors (Lipinski definition) is 1. The van der Waals surface area contributed by atoms with Crippen molar-refractivity contribution in [3.05, 3.63) is 70.9 Å². The van der Waals surface area contributed by atoms with E-state index < -0.39 is 12.1 Å². The normalized spacial score (nSPS) is 12.2. The highest BCUT2D eigenvalue weighted by atomic mass is 32.1. The zero-order chi connectivity index (χ0) is 21.8. The zero-order valence-corrected chi connectivity index (χ0v) is 18.1. The Morgan fingerprint density at radius 1 is 1.26 bits per heavy atom. The molecule has 2 aromatic carbocycles. The molecule has 0 aliphatic rings. The fourth-order valence-corrected chi connectivity index (χ4v) is 4.39. The SMILES string of the molecule is COC(Cc1ccc(OCCc2coc(-c3cccc(C)c3)n2)c2ccsc12)C(=O)O. The summed E-state index contributed by atoms with van der Waals surface area (Å²) < 4.78 is 17.8. The molecule has 6 nitrogen and oxygen atoms in total. The number of carbonyl (C=O) groups is 1. The maximum atomic E-state index is 11.3. The Morgan fingerprint density at radius 3 is 2.90 bits per heavy atom. The number of thiophene rings is 1. The predicted molar refractivity (Wildman–Crippen MR) is 120 cm³/mol. The summed E-state index contributed by atoms with van der Waals surface area (Å²) in [6, 6.07) is 13.8. The standard InChI is InChI=1S/C24H23NO5S/c1-15-4-3-5-17(12-15)23-25-18(14-30-23)8-10-29-20-7-6-16(13-21(28-2)24(26)27)22-19(20)9-11-31-22/h3-7,9,11-12,14,21H,8,10,13H2,1-2H3,(H,26,27). The van der Waals surface area contributed by atoms with Crippen LogP contribution in [0.2, 0.25) is 0 Å². The first-order valence-corrected chi connectivity index (χ1v) is 10.8. The van der Waals surface area contributed by atoms with Gasteiger partial charge in [0.15, 0.2) is 6.10 Å². The Morgan fingerprint density at radius 2 is 2.13 bits per heavy atom. The van der Waals surface area contributed by atoms with Crippen molar-refractivity contribution in [3.63, 3.8) is 0 Å². The van der Waals surface area contributed by atoms with Crippen LogP contribution >= 0.6 is 11.3 Å². The molecule has 1 N–H and O–H groups in total. The van der Waals surface area contributed by atoms with Gasteiger partial charge in [-0.1, -0.05) is 23.8 Å². The number of ether oxygens (including phenoxy) is 2. The third-order valence-corrected chi connectivity index (χ3v) is 6.05. The van der Waals surface area contributed by atoms with Crippen LogP contribution in [0.3, 0.4) is 0 Å². The molecule has 1 atom stereocenters. The topological polar surface area (TPSA) is 81.8 Å². The maximum Gasteiger partial charge on any atom is 0.333 e. The molecule has 0 saturated heterocycles. The average Bonchev–Trinajstić information content (AvgIpc) is 3.43. The van der Waals surface area contributed by atoms with Gasteiger partial charge in [-0.2, -0.15) is 0 Å². The van der Waals surface area contributed by atoms with Gasteiger partial charge in [-0.05, 0) is 42.1 Å². The minimum absolute atomic E-state index is 0.309. The highest BCUT2D eigenvalue weighted by Crippen LogP contribution is 2.34. The number of nitrogens with zero attached hydrogens (tertiary/aromatic N) is 1. The molecule has 0 amide bonds. The number of aliphatic carboxylic acids is 1. The van der Waals surface area contributed by atoms with Gasteiger partial charge in [0.25, 0.3) is 0 Å². The van der Waals surface area contributed by atoms with Crippen LogP contribution in [0.1, 0.15) is 16.8 Å². The first kappa shape index (κ1) is 21.1. The van der Waals surface area contributed by atoms with Crippen molar-refractivity contribution in [3.8, 4) is 17.2 Å². The highest BCUT2D eigenvalue weighted by molar-refractivity contribution is 7.17. The Kier molecular flexibility index (Phi) is 6.34. The summed E-state index contributed by atoms with van der Waals surface area (Å²) in [6.07, 6.45) is 1.73. The van der Waals surface area contributed by atoms with E-state index in [1.165, 1.54) is 7.11 Å². The quantitative estimate of drug-likeness (QED) is 0.391. The number of aromatic nitrogens is 1. The Labute approximate surface area is 184 Å². The van der Waals surface area contributed by atoms with Crippen molar-refractivity contribution in [2.24, 2.45) is 0 Å². The third-order valence-electron chi connectivity index (χ3n) is 5.06. The van der Waals surface area contributed by atoms with E-state index >= 15 is 0 Å². The van der Waals surface area contributed by atoms with Crippen molar-refractivity contribution >= 4 is 27.4 Å². The van der Waals surface area contributed by atoms with Gasteiger partial charge in [0.05, 0.1) is 12.3 Å². The lowest BCUT2D eigenvalue weighted by Gasteiger charge is -2.13. The Balaban J connectivity index is 1.43. The number of aryl methyl sites for hydroxylation is 1. The highest BCUT2D eigenvalue weighted by Gasteiger charge is 2.19. The summed E-state index contributed by atoms with van der Waals surface area (Å²) in [5, 5.41) is 12.2. The lowest BCUT2D eigenvalue weighted by atomic mass is 10.1. The molecule has 4 aromatic rings. The van der Waals surface area contributed by atoms with Gasteiger partial charge in [0.1, 0.15) is 12.0 Å². The van der Waals surface area contributed by atoms with Crippen LogP contribution < -0.4 is 4.74 Å². The van der Waals surface area contributed by atoms with Crippen LogP contribution in [0, 0.1) is 6.92 Å². The molecule has 0 aliphatic carbocycles. The molecular formula is C24H23NO5S. The van der Waals surface area contributed by atoms with Crippen molar-refractivity contribution in [2.45, 2.75) is 25.9 Å². The van der Waals surface area contributed by atoms with Crippen LogP contribution in [-0.2, 0) is 22.4 Å². The summed E-state index contributed by atoms with van der Waals surface area (Å²) in [6.45, 7) is 2.49. The fourth-order valence-electron chi connectivity index (χ4n) is 3.45. The van der Waals surface area contributed by atoms with Crippen LogP contribution in [-0.4, -0.2) is 35.9 Å². The van der Waals surface area contributed by atoms with Gasteiger partial charge in [-0.3, -0.25) is 0 Å². The maximum absolute atomic E-state index is 11.3. The van der Waals surface area contributed by atoms with Gasteiger partial charge in [-0.25, -0.2) is 9.78 Å². The largest absolute Gasteiger partial charge is 0.493 e. The number of carboxylic acids is 1. The first-order chi connectivity index (χ1) is 15.0. The Bertz CT molecular complexity index is 1200. The second kappa shape index (κ2) is 9.32. The van der Waals surface area contributed by atoms with E-state index in [1.54, 1.807) is 17.6 Å². The van der Waals surface area contributed by atoms with Gasteiger partial charge < -0.3 is 19.0 Å². The molecule has 31 heavy (non-hydrogen) atoms. The summed E-state index contributed by atoms with van der Waals surface area (Å²) in [5.74, 6) is 0.409. The molecule has 0 bridgehead atoms. The van der Waals surface area contributed by atoms with E-state index in [9.17, 15) is 9.90 Å². The summed E-state index contributed by atoms with van der Waals surface area (Å²) in [7, 11) is 1.41. The van der Waals surface area contributed by atoms with Crippen LogP contribution in [0.4, 0.5) is 0 Å². The van der Waals surface area contributed by atoms with Crippen molar-refractivity contribution < 1.29 is 23.8 Å². The molecule has 2 aromatic heterocycles. The molecular weight excluding hydrogens is 414 g/mol. The van der Waals surface area contributed by atoms with Gasteiger partial charge in [0, 0.05) is 35.6 Å². The number of carboxylic acid groups (broad SMARTS) is 1. The van der Waals surface area contributed by atoms with E-state index in [0.717, 1.165) is 38.2 Å².